The number of aliphatic hydroxyl groups excluding tert-OH is 1. The third kappa shape index (κ3) is 2.96. The molecule has 0 heterocycles. The van der Waals surface area contributed by atoms with Gasteiger partial charge in [-0.2, -0.15) is 0 Å². The van der Waals surface area contributed by atoms with E-state index in [1.807, 2.05) is 0 Å². The zero-order valence-corrected chi connectivity index (χ0v) is 12.1. The molecular weight excluding hydrogens is 300 g/mol. The first kappa shape index (κ1) is 15.3. The van der Waals surface area contributed by atoms with Crippen molar-refractivity contribution >= 4 is 23.2 Å². The highest BCUT2D eigenvalue weighted by molar-refractivity contribution is 6.36. The van der Waals surface area contributed by atoms with Gasteiger partial charge in [-0.05, 0) is 23.8 Å². The van der Waals surface area contributed by atoms with Gasteiger partial charge in [0.1, 0.15) is 5.82 Å². The van der Waals surface area contributed by atoms with Crippen LogP contribution in [0, 0.1) is 5.82 Å². The van der Waals surface area contributed by atoms with Crippen LogP contribution in [0.5, 0.6) is 0 Å². The predicted octanol–water partition coefficient (Wildman–Crippen LogP) is 3.91. The Morgan fingerprint density at radius 1 is 1.05 bits per heavy atom. The molecular formula is C15H14Cl2FNO. The zero-order valence-electron chi connectivity index (χ0n) is 10.6. The van der Waals surface area contributed by atoms with E-state index in [1.165, 1.54) is 6.07 Å². The van der Waals surface area contributed by atoms with E-state index in [0.29, 0.717) is 21.2 Å². The number of hydrogen-bond donors (Lipinski definition) is 2. The average Bonchev–Trinajstić information content (AvgIpc) is 2.41. The summed E-state index contributed by atoms with van der Waals surface area (Å²) in [6, 6.07) is 11.1. The van der Waals surface area contributed by atoms with Crippen LogP contribution in [0.1, 0.15) is 23.1 Å². The van der Waals surface area contributed by atoms with Crippen molar-refractivity contribution < 1.29 is 9.50 Å². The summed E-state index contributed by atoms with van der Waals surface area (Å²) in [6.45, 7) is 0.0731. The third-order valence-corrected chi connectivity index (χ3v) is 3.89. The van der Waals surface area contributed by atoms with Crippen molar-refractivity contribution in [2.75, 3.05) is 6.54 Å². The lowest BCUT2D eigenvalue weighted by Crippen LogP contribution is -2.21. The van der Waals surface area contributed by atoms with Crippen LogP contribution >= 0.6 is 23.2 Å². The molecule has 0 fully saturated rings. The van der Waals surface area contributed by atoms with Gasteiger partial charge < -0.3 is 10.8 Å². The van der Waals surface area contributed by atoms with E-state index in [2.05, 4.69) is 0 Å². The Morgan fingerprint density at radius 3 is 2.20 bits per heavy atom. The highest BCUT2D eigenvalue weighted by atomic mass is 35.5. The first-order valence-electron chi connectivity index (χ1n) is 6.12. The Kier molecular flexibility index (Phi) is 5.00. The van der Waals surface area contributed by atoms with Gasteiger partial charge in [0, 0.05) is 28.1 Å². The number of nitrogens with two attached hydrogens (primary N) is 1. The Balaban J connectivity index is 2.45. The molecule has 0 saturated carbocycles. The summed E-state index contributed by atoms with van der Waals surface area (Å²) in [5.74, 6) is -1.03. The summed E-state index contributed by atoms with van der Waals surface area (Å²) in [5, 5.41) is 11.2. The molecule has 0 aromatic heterocycles. The monoisotopic (exact) mass is 313 g/mol. The third-order valence-electron chi connectivity index (χ3n) is 3.24. The second-order valence-corrected chi connectivity index (χ2v) is 5.26. The van der Waals surface area contributed by atoms with Crippen LogP contribution in [-0.4, -0.2) is 11.7 Å². The van der Waals surface area contributed by atoms with Crippen molar-refractivity contribution in [2.45, 2.75) is 12.0 Å². The van der Waals surface area contributed by atoms with E-state index in [9.17, 15) is 9.50 Å². The lowest BCUT2D eigenvalue weighted by molar-refractivity contribution is 0.146. The number of halogens is 3. The average molecular weight is 314 g/mol. The predicted molar refractivity (Wildman–Crippen MR) is 79.6 cm³/mol. The molecule has 5 heteroatoms. The summed E-state index contributed by atoms with van der Waals surface area (Å²) >= 11 is 12.1. The molecule has 0 amide bonds. The van der Waals surface area contributed by atoms with Crippen LogP contribution in [0.3, 0.4) is 0 Å². The van der Waals surface area contributed by atoms with Crippen LogP contribution in [0.25, 0.3) is 0 Å². The van der Waals surface area contributed by atoms with E-state index >= 15 is 0 Å². The highest BCUT2D eigenvalue weighted by Gasteiger charge is 2.27. The molecule has 2 nitrogen and oxygen atoms in total. The van der Waals surface area contributed by atoms with Gasteiger partial charge in [-0.3, -0.25) is 0 Å². The van der Waals surface area contributed by atoms with Gasteiger partial charge in [-0.25, -0.2) is 4.39 Å². The molecule has 0 aliphatic carbocycles. The largest absolute Gasteiger partial charge is 0.388 e. The molecule has 2 atom stereocenters. The Morgan fingerprint density at radius 2 is 1.65 bits per heavy atom. The number of rotatable bonds is 4. The summed E-state index contributed by atoms with van der Waals surface area (Å²) in [7, 11) is 0. The minimum atomic E-state index is -1.07. The van der Waals surface area contributed by atoms with Gasteiger partial charge in [0.25, 0.3) is 0 Å². The molecule has 2 aromatic rings. The molecule has 3 N–H and O–H groups in total. The van der Waals surface area contributed by atoms with Gasteiger partial charge in [0.15, 0.2) is 0 Å². The van der Waals surface area contributed by atoms with Crippen molar-refractivity contribution in [2.24, 2.45) is 5.73 Å². The van der Waals surface area contributed by atoms with E-state index < -0.39 is 17.8 Å². The quantitative estimate of drug-likeness (QED) is 0.899. The molecule has 2 aromatic carbocycles. The molecule has 0 radical (unpaired) electrons. The lowest BCUT2D eigenvalue weighted by Gasteiger charge is -2.24. The number of aliphatic hydroxyl groups is 1. The Hall–Kier alpha value is -1.13. The van der Waals surface area contributed by atoms with Crippen molar-refractivity contribution in [1.29, 1.82) is 0 Å². The van der Waals surface area contributed by atoms with Crippen LogP contribution in [0.2, 0.25) is 10.0 Å². The molecule has 0 spiro atoms. The zero-order chi connectivity index (χ0) is 14.7. The van der Waals surface area contributed by atoms with Crippen molar-refractivity contribution in [3.63, 3.8) is 0 Å². The molecule has 0 bridgehead atoms. The molecule has 2 rings (SSSR count). The molecule has 0 aliphatic rings. The molecule has 2 unspecified atom stereocenters. The first-order chi connectivity index (χ1) is 9.56. The van der Waals surface area contributed by atoms with Crippen LogP contribution < -0.4 is 5.73 Å². The van der Waals surface area contributed by atoms with Crippen molar-refractivity contribution in [3.05, 3.63) is 69.5 Å². The molecule has 20 heavy (non-hydrogen) atoms. The maximum absolute atomic E-state index is 13.9. The number of hydrogen-bond acceptors (Lipinski definition) is 2. The standard InChI is InChI=1S/C15H14Cl2FNO/c16-11-5-3-6-12(17)14(11)15(20)10(8-19)9-4-1-2-7-13(9)18/h1-7,10,15,20H,8,19H2. The number of benzene rings is 2. The maximum atomic E-state index is 13.9. The van der Waals surface area contributed by atoms with Crippen LogP contribution in [-0.2, 0) is 0 Å². The van der Waals surface area contributed by atoms with Crippen LogP contribution in [0.4, 0.5) is 4.39 Å². The summed E-state index contributed by atoms with van der Waals surface area (Å²) in [4.78, 5) is 0. The lowest BCUT2D eigenvalue weighted by atomic mass is 9.89. The van der Waals surface area contributed by atoms with Gasteiger partial charge in [-0.15, -0.1) is 0 Å². The molecule has 0 saturated heterocycles. The first-order valence-corrected chi connectivity index (χ1v) is 6.88. The summed E-state index contributed by atoms with van der Waals surface area (Å²) in [6.07, 6.45) is -1.07. The minimum Gasteiger partial charge on any atom is -0.388 e. The van der Waals surface area contributed by atoms with Gasteiger partial charge in [0.2, 0.25) is 0 Å². The van der Waals surface area contributed by atoms with Gasteiger partial charge in [0.05, 0.1) is 6.10 Å². The van der Waals surface area contributed by atoms with Crippen molar-refractivity contribution in [1.82, 2.24) is 0 Å². The van der Waals surface area contributed by atoms with E-state index in [4.69, 9.17) is 28.9 Å². The second-order valence-electron chi connectivity index (χ2n) is 4.44. The highest BCUT2D eigenvalue weighted by Crippen LogP contribution is 2.38. The van der Waals surface area contributed by atoms with Gasteiger partial charge >= 0.3 is 0 Å². The van der Waals surface area contributed by atoms with E-state index in [1.54, 1.807) is 36.4 Å². The molecule has 0 aliphatic heterocycles. The summed E-state index contributed by atoms with van der Waals surface area (Å²) in [5.41, 5.74) is 6.42. The fourth-order valence-electron chi connectivity index (χ4n) is 2.20. The van der Waals surface area contributed by atoms with E-state index in [-0.39, 0.29) is 6.54 Å². The topological polar surface area (TPSA) is 46.2 Å². The maximum Gasteiger partial charge on any atom is 0.126 e. The Labute approximate surface area is 126 Å². The fourth-order valence-corrected chi connectivity index (χ4v) is 2.82. The van der Waals surface area contributed by atoms with Crippen LogP contribution in [0.15, 0.2) is 42.5 Å². The second kappa shape index (κ2) is 6.55. The Bertz CT molecular complexity index is 586. The smallest absolute Gasteiger partial charge is 0.126 e. The minimum absolute atomic E-state index is 0.0731. The summed E-state index contributed by atoms with van der Waals surface area (Å²) < 4.78 is 13.9. The van der Waals surface area contributed by atoms with E-state index in [0.717, 1.165) is 0 Å². The SMILES string of the molecule is NCC(c1ccccc1F)C(O)c1c(Cl)cccc1Cl. The molecule has 106 valence electrons. The fraction of sp³-hybridized carbons (Fsp3) is 0.200. The normalized spacial score (nSPS) is 14.1. The van der Waals surface area contributed by atoms with Crippen molar-refractivity contribution in [3.8, 4) is 0 Å². The van der Waals surface area contributed by atoms with Gasteiger partial charge in [-0.1, -0.05) is 47.5 Å².